The van der Waals surface area contributed by atoms with Crippen molar-refractivity contribution in [2.45, 2.75) is 49.3 Å². The molecule has 0 aromatic heterocycles. The van der Waals surface area contributed by atoms with E-state index in [0.717, 1.165) is 18.4 Å². The summed E-state index contributed by atoms with van der Waals surface area (Å²) in [6.07, 6.45) is 1.74. The summed E-state index contributed by atoms with van der Waals surface area (Å²) in [4.78, 5) is 0.670. The molecule has 0 heterocycles. The van der Waals surface area contributed by atoms with Crippen LogP contribution in [0.15, 0.2) is 29.2 Å². The van der Waals surface area contributed by atoms with Gasteiger partial charge in [-0.25, -0.2) is 13.1 Å². The van der Waals surface area contributed by atoms with Crippen molar-refractivity contribution in [2.24, 2.45) is 0 Å². The van der Waals surface area contributed by atoms with Crippen molar-refractivity contribution in [1.82, 2.24) is 4.72 Å². The van der Waals surface area contributed by atoms with Crippen molar-refractivity contribution in [3.05, 3.63) is 29.8 Å². The Morgan fingerprint density at radius 1 is 1.26 bits per heavy atom. The lowest BCUT2D eigenvalue weighted by Gasteiger charge is -2.20. The molecule has 0 spiro atoms. The molecule has 1 N–H and O–H groups in total. The van der Waals surface area contributed by atoms with E-state index in [9.17, 15) is 8.42 Å². The SMILES string of the molecule is CCCNS(=O)(=O)c1ccccc1C(C)C(Br)CC. The monoisotopic (exact) mass is 347 g/mol. The minimum absolute atomic E-state index is 0.152. The van der Waals surface area contributed by atoms with Gasteiger partial charge in [-0.3, -0.25) is 0 Å². The summed E-state index contributed by atoms with van der Waals surface area (Å²) < 4.78 is 27.2. The quantitative estimate of drug-likeness (QED) is 0.765. The van der Waals surface area contributed by atoms with Crippen molar-refractivity contribution in [3.63, 3.8) is 0 Å². The molecule has 3 nitrogen and oxygen atoms in total. The third kappa shape index (κ3) is 4.29. The molecule has 1 aromatic rings. The van der Waals surface area contributed by atoms with E-state index in [1.54, 1.807) is 12.1 Å². The zero-order chi connectivity index (χ0) is 14.5. The van der Waals surface area contributed by atoms with E-state index < -0.39 is 10.0 Å². The van der Waals surface area contributed by atoms with Crippen LogP contribution in [0.25, 0.3) is 0 Å². The fraction of sp³-hybridized carbons (Fsp3) is 0.571. The van der Waals surface area contributed by atoms with Crippen molar-refractivity contribution in [1.29, 1.82) is 0 Å². The normalized spacial score (nSPS) is 15.2. The first-order valence-corrected chi connectivity index (χ1v) is 9.06. The van der Waals surface area contributed by atoms with Crippen LogP contribution in [0.4, 0.5) is 0 Å². The number of rotatable bonds is 7. The summed E-state index contributed by atoms with van der Waals surface area (Å²) in [6, 6.07) is 7.24. The third-order valence-corrected chi connectivity index (χ3v) is 6.15. The van der Waals surface area contributed by atoms with Crippen LogP contribution in [-0.2, 0) is 10.0 Å². The largest absolute Gasteiger partial charge is 0.240 e. The van der Waals surface area contributed by atoms with E-state index >= 15 is 0 Å². The average Bonchev–Trinajstić information content (AvgIpc) is 2.43. The molecule has 0 aliphatic carbocycles. The molecule has 2 atom stereocenters. The number of benzene rings is 1. The molecule has 0 saturated heterocycles. The van der Waals surface area contributed by atoms with Crippen LogP contribution in [0.3, 0.4) is 0 Å². The highest BCUT2D eigenvalue weighted by Crippen LogP contribution is 2.31. The van der Waals surface area contributed by atoms with Crippen LogP contribution in [0.5, 0.6) is 0 Å². The second-order valence-corrected chi connectivity index (χ2v) is 7.56. The molecule has 108 valence electrons. The van der Waals surface area contributed by atoms with Gasteiger partial charge in [-0.05, 0) is 30.4 Å². The number of sulfonamides is 1. The van der Waals surface area contributed by atoms with Gasteiger partial charge in [0, 0.05) is 11.4 Å². The number of hydrogen-bond donors (Lipinski definition) is 1. The molecule has 0 bridgehead atoms. The van der Waals surface area contributed by atoms with Gasteiger partial charge in [0.2, 0.25) is 10.0 Å². The minimum atomic E-state index is -3.41. The van der Waals surface area contributed by atoms with Crippen molar-refractivity contribution < 1.29 is 8.42 Å². The smallest absolute Gasteiger partial charge is 0.211 e. The first-order chi connectivity index (χ1) is 8.94. The topological polar surface area (TPSA) is 46.2 Å². The van der Waals surface area contributed by atoms with Gasteiger partial charge < -0.3 is 0 Å². The van der Waals surface area contributed by atoms with E-state index in [1.807, 2.05) is 19.1 Å². The Hall–Kier alpha value is -0.390. The lowest BCUT2D eigenvalue weighted by molar-refractivity contribution is 0.576. The summed E-state index contributed by atoms with van der Waals surface area (Å²) in [6.45, 7) is 6.55. The second-order valence-electron chi connectivity index (χ2n) is 4.65. The maximum Gasteiger partial charge on any atom is 0.240 e. The van der Waals surface area contributed by atoms with Gasteiger partial charge >= 0.3 is 0 Å². The van der Waals surface area contributed by atoms with Crippen molar-refractivity contribution in [3.8, 4) is 0 Å². The van der Waals surface area contributed by atoms with Gasteiger partial charge in [0.15, 0.2) is 0 Å². The molecule has 0 amide bonds. The highest BCUT2D eigenvalue weighted by atomic mass is 79.9. The van der Waals surface area contributed by atoms with Gasteiger partial charge in [0.05, 0.1) is 4.90 Å². The van der Waals surface area contributed by atoms with Crippen LogP contribution in [0, 0.1) is 0 Å². The zero-order valence-corrected chi connectivity index (χ0v) is 14.1. The van der Waals surface area contributed by atoms with Crippen molar-refractivity contribution in [2.75, 3.05) is 6.54 Å². The molecule has 0 fully saturated rings. The predicted molar refractivity (Wildman–Crippen MR) is 83.3 cm³/mol. The number of nitrogens with one attached hydrogen (secondary N) is 1. The van der Waals surface area contributed by atoms with Gasteiger partial charge in [-0.15, -0.1) is 0 Å². The number of halogens is 1. The summed E-state index contributed by atoms with van der Waals surface area (Å²) >= 11 is 3.62. The summed E-state index contributed by atoms with van der Waals surface area (Å²) in [5.41, 5.74) is 0.870. The Labute approximate surface area is 125 Å². The van der Waals surface area contributed by atoms with Crippen LogP contribution < -0.4 is 4.72 Å². The fourth-order valence-electron chi connectivity index (χ4n) is 1.96. The molecule has 19 heavy (non-hydrogen) atoms. The molecule has 1 aromatic carbocycles. The van der Waals surface area contributed by atoms with E-state index in [2.05, 4.69) is 34.5 Å². The predicted octanol–water partition coefficient (Wildman–Crippen LogP) is 3.65. The maximum absolute atomic E-state index is 12.3. The van der Waals surface area contributed by atoms with Crippen LogP contribution in [0.1, 0.15) is 45.1 Å². The molecular formula is C14H22BrNO2S. The summed E-state index contributed by atoms with van der Waals surface area (Å²) in [5.74, 6) is 0.152. The van der Waals surface area contributed by atoms with E-state index in [4.69, 9.17) is 0 Å². The van der Waals surface area contributed by atoms with Gasteiger partial charge in [0.25, 0.3) is 0 Å². The number of hydrogen-bond acceptors (Lipinski definition) is 2. The third-order valence-electron chi connectivity index (χ3n) is 3.17. The minimum Gasteiger partial charge on any atom is -0.211 e. The number of alkyl halides is 1. The Kier molecular flexibility index (Phi) is 6.50. The molecule has 5 heteroatoms. The zero-order valence-electron chi connectivity index (χ0n) is 11.7. The van der Waals surface area contributed by atoms with E-state index in [-0.39, 0.29) is 10.7 Å². The molecule has 0 aliphatic heterocycles. The highest BCUT2D eigenvalue weighted by molar-refractivity contribution is 9.09. The first kappa shape index (κ1) is 16.7. The average molecular weight is 348 g/mol. The lowest BCUT2D eigenvalue weighted by Crippen LogP contribution is -2.26. The van der Waals surface area contributed by atoms with Crippen LogP contribution >= 0.6 is 15.9 Å². The standard InChI is InChI=1S/C14H22BrNO2S/c1-4-10-16-19(17,18)14-9-7-6-8-12(14)11(3)13(15)5-2/h6-9,11,13,16H,4-5,10H2,1-3H3. The molecule has 0 aliphatic rings. The van der Waals surface area contributed by atoms with Gasteiger partial charge in [-0.1, -0.05) is 54.9 Å². The Bertz CT molecular complexity index is 502. The van der Waals surface area contributed by atoms with Crippen LogP contribution in [-0.4, -0.2) is 19.8 Å². The molecule has 0 radical (unpaired) electrons. The molecule has 0 saturated carbocycles. The maximum atomic E-state index is 12.3. The van der Waals surface area contributed by atoms with Gasteiger partial charge in [-0.2, -0.15) is 0 Å². The van der Waals surface area contributed by atoms with Gasteiger partial charge in [0.1, 0.15) is 0 Å². The molecular weight excluding hydrogens is 326 g/mol. The fourth-order valence-corrected chi connectivity index (χ4v) is 3.70. The Morgan fingerprint density at radius 3 is 2.47 bits per heavy atom. The van der Waals surface area contributed by atoms with Crippen LogP contribution in [0.2, 0.25) is 0 Å². The van der Waals surface area contributed by atoms with E-state index in [0.29, 0.717) is 11.4 Å². The molecule has 1 rings (SSSR count). The highest BCUT2D eigenvalue weighted by Gasteiger charge is 2.23. The summed E-state index contributed by atoms with van der Waals surface area (Å²) in [5, 5.41) is 0. The lowest BCUT2D eigenvalue weighted by atomic mass is 9.96. The molecule has 2 unspecified atom stereocenters. The Balaban J connectivity index is 3.15. The second kappa shape index (κ2) is 7.41. The Morgan fingerprint density at radius 2 is 1.89 bits per heavy atom. The van der Waals surface area contributed by atoms with E-state index in [1.165, 1.54) is 0 Å². The van der Waals surface area contributed by atoms with Crippen molar-refractivity contribution >= 4 is 26.0 Å². The first-order valence-electron chi connectivity index (χ1n) is 6.66. The summed E-state index contributed by atoms with van der Waals surface area (Å²) in [7, 11) is -3.41.